The molecule has 0 amide bonds. The first-order valence-electron chi connectivity index (χ1n) is 15.5. The Bertz CT molecular complexity index is 1290. The van der Waals surface area contributed by atoms with Gasteiger partial charge in [0.1, 0.15) is 6.54 Å². The number of hydrogen-bond donors (Lipinski definition) is 0. The van der Waals surface area contributed by atoms with Crippen LogP contribution in [0.3, 0.4) is 0 Å². The standard InChI is InChI=1S/C35H46F2NO2S.BrH/c1-4-6-8-10-11-13-20-40-35-28-17-19-38(24-26-15-16-31(36)32(37)22-26)33(14-12-9-7-5-2)30(28)23-29(34(35)39-3)27-18-21-41-25-27;/h15-16,18,21-23,25H,4-14,17,19-20,24H2,1-3H3;1H/q+1;/p-1. The third kappa shape index (κ3) is 8.89. The van der Waals surface area contributed by atoms with Crippen LogP contribution in [0.15, 0.2) is 41.1 Å². The zero-order valence-electron chi connectivity index (χ0n) is 25.5. The summed E-state index contributed by atoms with van der Waals surface area (Å²) in [7, 11) is 1.74. The van der Waals surface area contributed by atoms with Crippen LogP contribution in [-0.4, -0.2) is 30.5 Å². The Kier molecular flexibility index (Phi) is 14.5. The predicted molar refractivity (Wildman–Crippen MR) is 167 cm³/mol. The Hall–Kier alpha value is -2.25. The molecule has 1 aliphatic heterocycles. The first-order chi connectivity index (χ1) is 20.1. The van der Waals surface area contributed by atoms with Crippen LogP contribution in [0.1, 0.15) is 101 Å². The first kappa shape index (κ1) is 34.2. The highest BCUT2D eigenvalue weighted by Gasteiger charge is 2.32. The smallest absolute Gasteiger partial charge is 0.184 e. The number of rotatable bonds is 17. The summed E-state index contributed by atoms with van der Waals surface area (Å²) in [6.45, 7) is 6.49. The Balaban J connectivity index is 0.00000484. The summed E-state index contributed by atoms with van der Waals surface area (Å²) in [6.07, 6.45) is 13.7. The maximum absolute atomic E-state index is 14.1. The SMILES string of the molecule is CCCCCCCCOc1c2c(cc(-c3ccsc3)c1OC)C(CCCCCC)=[N+](Cc1ccc(F)c(F)c1)CC2.[Br-]. The van der Waals surface area contributed by atoms with E-state index in [1.54, 1.807) is 24.5 Å². The second-order valence-electron chi connectivity index (χ2n) is 11.1. The molecule has 0 N–H and O–H groups in total. The summed E-state index contributed by atoms with van der Waals surface area (Å²) in [6, 6.07) is 8.68. The molecule has 0 saturated heterocycles. The van der Waals surface area contributed by atoms with Crippen molar-refractivity contribution in [3.8, 4) is 22.6 Å². The highest BCUT2D eigenvalue weighted by molar-refractivity contribution is 7.08. The van der Waals surface area contributed by atoms with Gasteiger partial charge in [0.25, 0.3) is 0 Å². The molecule has 0 spiro atoms. The van der Waals surface area contributed by atoms with E-state index in [4.69, 9.17) is 9.47 Å². The van der Waals surface area contributed by atoms with Gasteiger partial charge in [-0.25, -0.2) is 13.4 Å². The number of fused-ring (bicyclic) bond motifs is 1. The Morgan fingerprint density at radius 3 is 2.26 bits per heavy atom. The molecule has 0 fully saturated rings. The van der Waals surface area contributed by atoms with Gasteiger partial charge >= 0.3 is 0 Å². The third-order valence-electron chi connectivity index (χ3n) is 8.07. The van der Waals surface area contributed by atoms with Crippen LogP contribution in [-0.2, 0) is 13.0 Å². The maximum Gasteiger partial charge on any atom is 0.184 e. The lowest BCUT2D eigenvalue weighted by atomic mass is 9.88. The highest BCUT2D eigenvalue weighted by atomic mass is 79.9. The van der Waals surface area contributed by atoms with Crippen molar-refractivity contribution in [3.05, 3.63) is 69.4 Å². The molecular formula is C35H46BrF2NO2S. The molecule has 0 radical (unpaired) electrons. The lowest BCUT2D eigenvalue weighted by Gasteiger charge is -2.25. The second-order valence-corrected chi connectivity index (χ2v) is 11.9. The van der Waals surface area contributed by atoms with Crippen molar-refractivity contribution in [3.63, 3.8) is 0 Å². The molecule has 2 aromatic carbocycles. The monoisotopic (exact) mass is 661 g/mol. The molecule has 1 aliphatic rings. The molecule has 230 valence electrons. The van der Waals surface area contributed by atoms with Gasteiger partial charge in [-0.05, 0) is 59.5 Å². The van der Waals surface area contributed by atoms with Crippen LogP contribution < -0.4 is 26.5 Å². The summed E-state index contributed by atoms with van der Waals surface area (Å²) in [5.74, 6) is 0.0891. The van der Waals surface area contributed by atoms with Gasteiger partial charge in [0.15, 0.2) is 35.4 Å². The van der Waals surface area contributed by atoms with Crippen molar-refractivity contribution in [2.24, 2.45) is 0 Å². The van der Waals surface area contributed by atoms with Crippen molar-refractivity contribution in [1.82, 2.24) is 0 Å². The summed E-state index contributed by atoms with van der Waals surface area (Å²) in [5, 5.41) is 4.25. The van der Waals surface area contributed by atoms with Gasteiger partial charge in [0.2, 0.25) is 0 Å². The van der Waals surface area contributed by atoms with Crippen molar-refractivity contribution in [1.29, 1.82) is 0 Å². The van der Waals surface area contributed by atoms with E-state index in [0.717, 1.165) is 60.4 Å². The normalized spacial score (nSPS) is 12.7. The Labute approximate surface area is 265 Å². The number of unbranched alkanes of at least 4 members (excludes halogenated alkanes) is 8. The number of benzene rings is 2. The van der Waals surface area contributed by atoms with Crippen molar-refractivity contribution >= 4 is 17.0 Å². The Morgan fingerprint density at radius 2 is 1.57 bits per heavy atom. The average Bonchev–Trinajstić information content (AvgIpc) is 3.52. The summed E-state index contributed by atoms with van der Waals surface area (Å²) in [4.78, 5) is 0. The molecule has 0 saturated carbocycles. The van der Waals surface area contributed by atoms with Crippen LogP contribution >= 0.6 is 11.3 Å². The fourth-order valence-corrected chi connectivity index (χ4v) is 6.48. The molecule has 42 heavy (non-hydrogen) atoms. The summed E-state index contributed by atoms with van der Waals surface area (Å²) < 4.78 is 42.8. The van der Waals surface area contributed by atoms with E-state index in [2.05, 4.69) is 41.3 Å². The van der Waals surface area contributed by atoms with E-state index in [9.17, 15) is 8.78 Å². The van der Waals surface area contributed by atoms with Crippen LogP contribution in [0.4, 0.5) is 8.78 Å². The average molecular weight is 663 g/mol. The number of halogens is 3. The molecule has 0 unspecified atom stereocenters. The highest BCUT2D eigenvalue weighted by Crippen LogP contribution is 2.45. The van der Waals surface area contributed by atoms with Crippen LogP contribution in [0.2, 0.25) is 0 Å². The van der Waals surface area contributed by atoms with Crippen molar-refractivity contribution in [2.45, 2.75) is 97.4 Å². The van der Waals surface area contributed by atoms with Gasteiger partial charge in [-0.1, -0.05) is 65.2 Å². The van der Waals surface area contributed by atoms with E-state index in [0.29, 0.717) is 13.2 Å². The summed E-state index contributed by atoms with van der Waals surface area (Å²) in [5.41, 5.74) is 6.63. The molecule has 7 heteroatoms. The minimum Gasteiger partial charge on any atom is -1.00 e. The molecule has 3 aromatic rings. The second kappa shape index (κ2) is 17.8. The van der Waals surface area contributed by atoms with Gasteiger partial charge in [-0.15, -0.1) is 0 Å². The lowest BCUT2D eigenvalue weighted by molar-refractivity contribution is -0.545. The number of nitrogens with zero attached hydrogens (tertiary/aromatic N) is 1. The first-order valence-corrected chi connectivity index (χ1v) is 16.5. The molecule has 2 heterocycles. The van der Waals surface area contributed by atoms with E-state index in [-0.39, 0.29) is 17.0 Å². The van der Waals surface area contributed by atoms with E-state index < -0.39 is 11.6 Å². The molecular weight excluding hydrogens is 616 g/mol. The molecule has 3 nitrogen and oxygen atoms in total. The van der Waals surface area contributed by atoms with Crippen molar-refractivity contribution < 1.29 is 39.8 Å². The largest absolute Gasteiger partial charge is 1.00 e. The predicted octanol–water partition coefficient (Wildman–Crippen LogP) is 6.97. The minimum atomic E-state index is -0.804. The van der Waals surface area contributed by atoms with Gasteiger partial charge in [0.05, 0.1) is 13.7 Å². The van der Waals surface area contributed by atoms with Crippen molar-refractivity contribution in [2.75, 3.05) is 20.3 Å². The summed E-state index contributed by atoms with van der Waals surface area (Å²) >= 11 is 1.67. The quantitative estimate of drug-likeness (QED) is 0.115. The number of hydrogen-bond acceptors (Lipinski definition) is 3. The fraction of sp³-hybridized carbons (Fsp3) is 0.514. The van der Waals surface area contributed by atoms with Gasteiger partial charge < -0.3 is 26.5 Å². The molecule has 0 aliphatic carbocycles. The number of ether oxygens (including phenoxy) is 2. The zero-order chi connectivity index (χ0) is 29.0. The van der Waals surface area contributed by atoms with Gasteiger partial charge in [0, 0.05) is 35.1 Å². The molecule has 0 bridgehead atoms. The maximum atomic E-state index is 14.1. The van der Waals surface area contributed by atoms with E-state index in [1.807, 2.05) is 0 Å². The van der Waals surface area contributed by atoms with Crippen LogP contribution in [0, 0.1) is 11.6 Å². The fourth-order valence-electron chi connectivity index (χ4n) is 5.83. The number of thiophene rings is 1. The topological polar surface area (TPSA) is 21.5 Å². The van der Waals surface area contributed by atoms with Crippen LogP contribution in [0.5, 0.6) is 11.5 Å². The minimum absolute atomic E-state index is 0. The van der Waals surface area contributed by atoms with Gasteiger partial charge in [-0.3, -0.25) is 0 Å². The van der Waals surface area contributed by atoms with E-state index in [1.165, 1.54) is 80.3 Å². The molecule has 1 aromatic heterocycles. The van der Waals surface area contributed by atoms with Crippen LogP contribution in [0.25, 0.3) is 11.1 Å². The van der Waals surface area contributed by atoms with Gasteiger partial charge in [-0.2, -0.15) is 11.3 Å². The van der Waals surface area contributed by atoms with E-state index >= 15 is 0 Å². The third-order valence-corrected chi connectivity index (χ3v) is 8.75. The lowest BCUT2D eigenvalue weighted by Crippen LogP contribution is -3.00. The number of methoxy groups -OCH3 is 1. The molecule has 4 rings (SSSR count). The Morgan fingerprint density at radius 1 is 0.833 bits per heavy atom. The molecule has 0 atom stereocenters. The zero-order valence-corrected chi connectivity index (χ0v) is 27.9.